The number of aryl methyl sites for hydroxylation is 2. The van der Waals surface area contributed by atoms with Gasteiger partial charge in [0.05, 0.1) is 23.3 Å². The highest BCUT2D eigenvalue weighted by atomic mass is 32.1. The molecule has 23 heavy (non-hydrogen) atoms. The molecule has 118 valence electrons. The van der Waals surface area contributed by atoms with E-state index >= 15 is 0 Å². The van der Waals surface area contributed by atoms with Gasteiger partial charge in [-0.05, 0) is 37.3 Å². The second-order valence-corrected chi connectivity index (χ2v) is 7.42. The number of aromatic nitrogens is 4. The minimum Gasteiger partial charge on any atom is -0.419 e. The first-order valence-electron chi connectivity index (χ1n) is 8.03. The van der Waals surface area contributed by atoms with Gasteiger partial charge >= 0.3 is 0 Å². The molecule has 0 radical (unpaired) electrons. The van der Waals surface area contributed by atoms with Crippen molar-refractivity contribution in [3.63, 3.8) is 0 Å². The van der Waals surface area contributed by atoms with Gasteiger partial charge in [-0.15, -0.1) is 21.5 Å². The maximum Gasteiger partial charge on any atom is 0.257 e. The standard InChI is InChI=1S/C16H17N5OS/c1-2-4-13-10(3-1)5-14(23-13)16-20-19-15(22-16)9-21-7-11-6-17-18-12(11)8-21/h5-6H,1-4,7-9H2,(H,17,18). The van der Waals surface area contributed by atoms with Crippen molar-refractivity contribution in [2.75, 3.05) is 0 Å². The van der Waals surface area contributed by atoms with Gasteiger partial charge in [0.25, 0.3) is 5.89 Å². The molecule has 3 aromatic heterocycles. The number of nitrogens with zero attached hydrogens (tertiary/aromatic N) is 4. The Morgan fingerprint density at radius 3 is 3.04 bits per heavy atom. The van der Waals surface area contributed by atoms with Gasteiger partial charge in [-0.2, -0.15) is 5.10 Å². The molecule has 1 N–H and O–H groups in total. The molecule has 0 spiro atoms. The Balaban J connectivity index is 1.32. The van der Waals surface area contributed by atoms with Gasteiger partial charge in [0.2, 0.25) is 5.89 Å². The van der Waals surface area contributed by atoms with E-state index in [1.54, 1.807) is 0 Å². The predicted molar refractivity (Wildman–Crippen MR) is 85.8 cm³/mol. The fourth-order valence-electron chi connectivity index (χ4n) is 3.45. The van der Waals surface area contributed by atoms with Gasteiger partial charge in [0, 0.05) is 23.5 Å². The summed E-state index contributed by atoms with van der Waals surface area (Å²) >= 11 is 1.81. The van der Waals surface area contributed by atoms with Gasteiger partial charge < -0.3 is 4.42 Å². The van der Waals surface area contributed by atoms with E-state index in [1.165, 1.54) is 47.4 Å². The average Bonchev–Trinajstić information content (AvgIpc) is 3.29. The second-order valence-electron chi connectivity index (χ2n) is 6.29. The summed E-state index contributed by atoms with van der Waals surface area (Å²) in [7, 11) is 0. The van der Waals surface area contributed by atoms with Crippen LogP contribution < -0.4 is 0 Å². The molecule has 7 heteroatoms. The van der Waals surface area contributed by atoms with Crippen LogP contribution in [0.2, 0.25) is 0 Å². The lowest BCUT2D eigenvalue weighted by molar-refractivity contribution is 0.244. The lowest BCUT2D eigenvalue weighted by atomic mass is 9.99. The van der Waals surface area contributed by atoms with Crippen LogP contribution in [-0.4, -0.2) is 25.3 Å². The average molecular weight is 327 g/mol. The van der Waals surface area contributed by atoms with Crippen LogP contribution >= 0.6 is 11.3 Å². The van der Waals surface area contributed by atoms with Crippen molar-refractivity contribution in [2.45, 2.75) is 45.3 Å². The number of aromatic amines is 1. The third kappa shape index (κ3) is 2.40. The van der Waals surface area contributed by atoms with Crippen molar-refractivity contribution in [1.82, 2.24) is 25.3 Å². The van der Waals surface area contributed by atoms with Crippen molar-refractivity contribution >= 4 is 11.3 Å². The van der Waals surface area contributed by atoms with Gasteiger partial charge in [-0.1, -0.05) is 0 Å². The number of thiophene rings is 1. The van der Waals surface area contributed by atoms with E-state index in [1.807, 2.05) is 17.5 Å². The quantitative estimate of drug-likeness (QED) is 0.801. The SMILES string of the molecule is c1n[nH]c2c1CN(Cc1nnc(-c3cc4c(s3)CCCC4)o1)C2. The molecule has 0 unspecified atom stereocenters. The molecule has 0 saturated carbocycles. The number of nitrogens with one attached hydrogen (secondary N) is 1. The first-order chi connectivity index (χ1) is 11.3. The smallest absolute Gasteiger partial charge is 0.257 e. The topological polar surface area (TPSA) is 70.8 Å². The zero-order valence-corrected chi connectivity index (χ0v) is 13.5. The van der Waals surface area contributed by atoms with E-state index < -0.39 is 0 Å². The van der Waals surface area contributed by atoms with E-state index in [2.05, 4.69) is 31.4 Å². The van der Waals surface area contributed by atoms with Crippen LogP contribution in [0.1, 0.15) is 40.4 Å². The van der Waals surface area contributed by atoms with Gasteiger partial charge in [-0.25, -0.2) is 0 Å². The Bertz CT molecular complexity index is 804. The van der Waals surface area contributed by atoms with Crippen molar-refractivity contribution in [2.24, 2.45) is 0 Å². The molecule has 1 aliphatic heterocycles. The zero-order valence-electron chi connectivity index (χ0n) is 12.7. The second kappa shape index (κ2) is 5.28. The molecule has 0 fully saturated rings. The molecule has 2 aliphatic rings. The maximum absolute atomic E-state index is 5.91. The molecule has 0 aromatic carbocycles. The third-order valence-electron chi connectivity index (χ3n) is 4.62. The minimum absolute atomic E-state index is 0.666. The van der Waals surface area contributed by atoms with Crippen molar-refractivity contribution < 1.29 is 4.42 Å². The highest BCUT2D eigenvalue weighted by Gasteiger charge is 2.23. The van der Waals surface area contributed by atoms with E-state index in [9.17, 15) is 0 Å². The molecule has 1 aliphatic carbocycles. The van der Waals surface area contributed by atoms with Crippen LogP contribution in [-0.2, 0) is 32.5 Å². The Labute approximate surface area is 137 Å². The van der Waals surface area contributed by atoms with Crippen LogP contribution in [0, 0.1) is 0 Å². The molecule has 6 nitrogen and oxygen atoms in total. The van der Waals surface area contributed by atoms with Gasteiger partial charge in [-0.3, -0.25) is 10.00 Å². The minimum atomic E-state index is 0.666. The van der Waals surface area contributed by atoms with Crippen LogP contribution in [0.25, 0.3) is 10.8 Å². The van der Waals surface area contributed by atoms with Crippen molar-refractivity contribution in [3.8, 4) is 10.8 Å². The predicted octanol–water partition coefficient (Wildman–Crippen LogP) is 2.92. The summed E-state index contributed by atoms with van der Waals surface area (Å²) in [5.41, 5.74) is 3.92. The molecule has 0 bridgehead atoms. The normalized spacial score (nSPS) is 17.4. The fraction of sp³-hybridized carbons (Fsp3) is 0.438. The molecule has 0 atom stereocenters. The largest absolute Gasteiger partial charge is 0.419 e. The molecule has 0 amide bonds. The first kappa shape index (κ1) is 13.4. The van der Waals surface area contributed by atoms with E-state index in [4.69, 9.17) is 4.42 Å². The Morgan fingerprint density at radius 2 is 2.13 bits per heavy atom. The third-order valence-corrected chi connectivity index (χ3v) is 5.84. The van der Waals surface area contributed by atoms with E-state index in [0.29, 0.717) is 18.3 Å². The molecule has 0 saturated heterocycles. The highest BCUT2D eigenvalue weighted by molar-refractivity contribution is 7.15. The Kier molecular flexibility index (Phi) is 3.09. The number of rotatable bonds is 3. The van der Waals surface area contributed by atoms with Crippen LogP contribution in [0.3, 0.4) is 0 Å². The Hall–Kier alpha value is -1.99. The summed E-state index contributed by atoms with van der Waals surface area (Å²) < 4.78 is 5.91. The summed E-state index contributed by atoms with van der Waals surface area (Å²) in [5, 5.41) is 15.6. The van der Waals surface area contributed by atoms with E-state index in [0.717, 1.165) is 18.0 Å². The van der Waals surface area contributed by atoms with E-state index in [-0.39, 0.29) is 0 Å². The first-order valence-corrected chi connectivity index (χ1v) is 8.84. The molecule has 5 rings (SSSR count). The summed E-state index contributed by atoms with van der Waals surface area (Å²) in [5.74, 6) is 1.35. The molecule has 3 aromatic rings. The number of H-pyrrole nitrogens is 1. The highest BCUT2D eigenvalue weighted by Crippen LogP contribution is 2.35. The van der Waals surface area contributed by atoms with Crippen molar-refractivity contribution in [3.05, 3.63) is 39.9 Å². The summed E-state index contributed by atoms with van der Waals surface area (Å²) in [6, 6.07) is 2.24. The fourth-order valence-corrected chi connectivity index (χ4v) is 4.62. The monoisotopic (exact) mass is 327 g/mol. The number of fused-ring (bicyclic) bond motifs is 2. The maximum atomic E-state index is 5.91. The number of hydrogen-bond acceptors (Lipinski definition) is 6. The molecular formula is C16H17N5OS. The lowest BCUT2D eigenvalue weighted by Crippen LogP contribution is -2.16. The summed E-state index contributed by atoms with van der Waals surface area (Å²) in [6.45, 7) is 2.43. The van der Waals surface area contributed by atoms with Crippen LogP contribution in [0.15, 0.2) is 16.7 Å². The van der Waals surface area contributed by atoms with Gasteiger partial charge in [0.15, 0.2) is 0 Å². The molecular weight excluding hydrogens is 310 g/mol. The number of hydrogen-bond donors (Lipinski definition) is 1. The zero-order chi connectivity index (χ0) is 15.2. The lowest BCUT2D eigenvalue weighted by Gasteiger charge is -2.10. The van der Waals surface area contributed by atoms with Crippen molar-refractivity contribution in [1.29, 1.82) is 0 Å². The Morgan fingerprint density at radius 1 is 1.17 bits per heavy atom. The van der Waals surface area contributed by atoms with Crippen LogP contribution in [0.5, 0.6) is 0 Å². The van der Waals surface area contributed by atoms with Crippen LogP contribution in [0.4, 0.5) is 0 Å². The van der Waals surface area contributed by atoms with Gasteiger partial charge in [0.1, 0.15) is 0 Å². The summed E-state index contributed by atoms with van der Waals surface area (Å²) in [6.07, 6.45) is 6.87. The molecule has 4 heterocycles. The summed E-state index contributed by atoms with van der Waals surface area (Å²) in [4.78, 5) is 4.89.